The van der Waals surface area contributed by atoms with Crippen LogP contribution in [0.4, 0.5) is 4.39 Å². The zero-order valence-corrected chi connectivity index (χ0v) is 16.1. The summed E-state index contributed by atoms with van der Waals surface area (Å²) < 4.78 is 48.2. The van der Waals surface area contributed by atoms with Crippen LogP contribution in [0, 0.1) is 5.82 Å². The summed E-state index contributed by atoms with van der Waals surface area (Å²) in [6.07, 6.45) is 2.16. The largest absolute Gasteiger partial charge is 0.471 e. The average molecular weight is 402 g/mol. The predicted molar refractivity (Wildman–Crippen MR) is 99.5 cm³/mol. The fourth-order valence-corrected chi connectivity index (χ4v) is 4.76. The van der Waals surface area contributed by atoms with E-state index < -0.39 is 15.8 Å². The van der Waals surface area contributed by atoms with Crippen LogP contribution in [0.2, 0.25) is 0 Å². The van der Waals surface area contributed by atoms with E-state index in [-0.39, 0.29) is 18.0 Å². The van der Waals surface area contributed by atoms with Gasteiger partial charge in [0.15, 0.2) is 0 Å². The van der Waals surface area contributed by atoms with Crippen LogP contribution >= 0.6 is 0 Å². The topological polar surface area (TPSA) is 77.3 Å². The molecule has 3 aromatic rings. The number of halogens is 1. The predicted octanol–water partition coefficient (Wildman–Crippen LogP) is 2.28. The van der Waals surface area contributed by atoms with Crippen molar-refractivity contribution in [2.75, 3.05) is 6.54 Å². The van der Waals surface area contributed by atoms with Gasteiger partial charge in [-0.15, -0.1) is 0 Å². The fourth-order valence-electron chi connectivity index (χ4n) is 3.32. The first-order chi connectivity index (χ1) is 13.4. The first kappa shape index (κ1) is 18.6. The van der Waals surface area contributed by atoms with E-state index in [0.717, 1.165) is 17.3 Å². The molecule has 0 spiro atoms. The highest BCUT2D eigenvalue weighted by atomic mass is 32.2. The van der Waals surface area contributed by atoms with Crippen molar-refractivity contribution in [2.45, 2.75) is 24.5 Å². The van der Waals surface area contributed by atoms with Gasteiger partial charge in [0.2, 0.25) is 15.9 Å². The lowest BCUT2D eigenvalue weighted by Gasteiger charge is -2.27. The quantitative estimate of drug-likeness (QED) is 0.654. The zero-order chi connectivity index (χ0) is 19.7. The summed E-state index contributed by atoms with van der Waals surface area (Å²) in [4.78, 5) is 4.07. The molecule has 0 bridgehead atoms. The van der Waals surface area contributed by atoms with E-state index >= 15 is 0 Å². The second kappa shape index (κ2) is 7.33. The van der Waals surface area contributed by atoms with Gasteiger partial charge in [-0.3, -0.25) is 4.68 Å². The fraction of sp³-hybridized carbons (Fsp3) is 0.263. The molecular formula is C19H19FN4O3S. The summed E-state index contributed by atoms with van der Waals surface area (Å²) in [7, 11) is -1.97. The number of benzene rings is 1. The summed E-state index contributed by atoms with van der Waals surface area (Å²) in [6.45, 7) is 0.670. The van der Waals surface area contributed by atoms with Crippen LogP contribution in [0.5, 0.6) is 5.88 Å². The molecule has 1 aliphatic rings. The molecule has 0 fully saturated rings. The van der Waals surface area contributed by atoms with Gasteiger partial charge >= 0.3 is 0 Å². The third kappa shape index (κ3) is 3.50. The van der Waals surface area contributed by atoms with Crippen molar-refractivity contribution < 1.29 is 17.5 Å². The smallest absolute Gasteiger partial charge is 0.243 e. The summed E-state index contributed by atoms with van der Waals surface area (Å²) in [5.74, 6) is -0.105. The maximum Gasteiger partial charge on any atom is 0.243 e. The molecule has 0 amide bonds. The minimum Gasteiger partial charge on any atom is -0.471 e. The van der Waals surface area contributed by atoms with Gasteiger partial charge in [-0.05, 0) is 24.3 Å². The van der Waals surface area contributed by atoms with Crippen molar-refractivity contribution in [2.24, 2.45) is 7.05 Å². The number of pyridine rings is 1. The van der Waals surface area contributed by atoms with Crippen molar-refractivity contribution in [3.63, 3.8) is 0 Å². The molecule has 4 rings (SSSR count). The summed E-state index contributed by atoms with van der Waals surface area (Å²) >= 11 is 0. The third-order valence-corrected chi connectivity index (χ3v) is 6.56. The van der Waals surface area contributed by atoms with Crippen LogP contribution in [0.25, 0.3) is 0 Å². The number of aryl methyl sites for hydroxylation is 1. The molecule has 0 aliphatic carbocycles. The van der Waals surface area contributed by atoms with Crippen molar-refractivity contribution in [1.82, 2.24) is 19.1 Å². The lowest BCUT2D eigenvalue weighted by atomic mass is 10.1. The Bertz CT molecular complexity index is 1100. The Kier molecular flexibility index (Phi) is 4.86. The van der Waals surface area contributed by atoms with Crippen LogP contribution in [-0.2, 0) is 36.6 Å². The molecule has 0 unspecified atom stereocenters. The second-order valence-electron chi connectivity index (χ2n) is 6.50. The molecule has 28 heavy (non-hydrogen) atoms. The molecule has 0 radical (unpaired) electrons. The van der Waals surface area contributed by atoms with Crippen LogP contribution in [-0.4, -0.2) is 34.0 Å². The Morgan fingerprint density at radius 3 is 2.82 bits per heavy atom. The normalized spacial score (nSPS) is 14.6. The van der Waals surface area contributed by atoms with Gasteiger partial charge in [0.25, 0.3) is 0 Å². The summed E-state index contributed by atoms with van der Waals surface area (Å²) in [5, 5.41) is 4.49. The van der Waals surface area contributed by atoms with E-state index in [1.54, 1.807) is 23.0 Å². The van der Waals surface area contributed by atoms with E-state index in [1.807, 2.05) is 13.1 Å². The van der Waals surface area contributed by atoms with E-state index in [0.29, 0.717) is 24.5 Å². The number of nitrogens with zero attached hydrogens (tertiary/aromatic N) is 4. The molecule has 9 heteroatoms. The molecule has 3 heterocycles. The van der Waals surface area contributed by atoms with Crippen LogP contribution < -0.4 is 4.74 Å². The van der Waals surface area contributed by atoms with E-state index in [1.165, 1.54) is 22.5 Å². The van der Waals surface area contributed by atoms with E-state index in [9.17, 15) is 12.8 Å². The SMILES string of the molecule is Cn1nc(COc2ccccn2)c2c1CCN(S(=O)(=O)c1cccc(F)c1)C2. The Morgan fingerprint density at radius 1 is 1.21 bits per heavy atom. The van der Waals surface area contributed by atoms with Gasteiger partial charge in [0.1, 0.15) is 18.1 Å². The number of hydrogen-bond donors (Lipinski definition) is 0. The number of rotatable bonds is 5. The maximum atomic E-state index is 13.5. The van der Waals surface area contributed by atoms with Gasteiger partial charge in [-0.1, -0.05) is 12.1 Å². The van der Waals surface area contributed by atoms with Gasteiger partial charge in [-0.25, -0.2) is 17.8 Å². The number of fused-ring (bicyclic) bond motifs is 1. The van der Waals surface area contributed by atoms with E-state index in [4.69, 9.17) is 4.74 Å². The summed E-state index contributed by atoms with van der Waals surface area (Å²) in [6, 6.07) is 10.4. The lowest BCUT2D eigenvalue weighted by Crippen LogP contribution is -2.36. The number of aromatic nitrogens is 3. The van der Waals surface area contributed by atoms with Gasteiger partial charge in [0.05, 0.1) is 4.90 Å². The Hall–Kier alpha value is -2.78. The lowest BCUT2D eigenvalue weighted by molar-refractivity contribution is 0.285. The van der Waals surface area contributed by atoms with Crippen molar-refractivity contribution in [3.8, 4) is 5.88 Å². The standard InChI is InChI=1S/C19H19FN4O3S/c1-23-18-8-10-24(28(25,26)15-6-4-5-14(20)11-15)12-16(18)17(22-23)13-27-19-7-2-3-9-21-19/h2-7,9,11H,8,10,12-13H2,1H3. The molecule has 1 aliphatic heterocycles. The second-order valence-corrected chi connectivity index (χ2v) is 8.44. The van der Waals surface area contributed by atoms with Crippen LogP contribution in [0.15, 0.2) is 53.6 Å². The first-order valence-electron chi connectivity index (χ1n) is 8.78. The molecule has 0 saturated carbocycles. The van der Waals surface area contributed by atoms with Crippen molar-refractivity contribution >= 4 is 10.0 Å². The first-order valence-corrected chi connectivity index (χ1v) is 10.2. The minimum absolute atomic E-state index is 0.0499. The highest BCUT2D eigenvalue weighted by Gasteiger charge is 2.32. The number of hydrogen-bond acceptors (Lipinski definition) is 5. The Morgan fingerprint density at radius 2 is 2.07 bits per heavy atom. The number of sulfonamides is 1. The molecule has 146 valence electrons. The van der Waals surface area contributed by atoms with Crippen molar-refractivity contribution in [1.29, 1.82) is 0 Å². The Labute approximate surface area is 162 Å². The molecule has 2 aromatic heterocycles. The van der Waals surface area contributed by atoms with Gasteiger partial charge < -0.3 is 4.74 Å². The zero-order valence-electron chi connectivity index (χ0n) is 15.2. The molecule has 7 nitrogen and oxygen atoms in total. The highest BCUT2D eigenvalue weighted by molar-refractivity contribution is 7.89. The third-order valence-electron chi connectivity index (χ3n) is 4.72. The monoisotopic (exact) mass is 402 g/mol. The number of ether oxygens (including phenoxy) is 1. The molecule has 0 N–H and O–H groups in total. The van der Waals surface area contributed by atoms with Gasteiger partial charge in [-0.2, -0.15) is 9.40 Å². The molecule has 0 atom stereocenters. The summed E-state index contributed by atoms with van der Waals surface area (Å²) in [5.41, 5.74) is 2.47. The maximum absolute atomic E-state index is 13.5. The van der Waals surface area contributed by atoms with E-state index in [2.05, 4.69) is 10.1 Å². The molecule has 1 aromatic carbocycles. The molecule has 0 saturated heterocycles. The van der Waals surface area contributed by atoms with Gasteiger partial charge in [0, 0.05) is 50.1 Å². The average Bonchev–Trinajstić information content (AvgIpc) is 3.02. The highest BCUT2D eigenvalue weighted by Crippen LogP contribution is 2.27. The Balaban J connectivity index is 1.59. The minimum atomic E-state index is -3.80. The van der Waals surface area contributed by atoms with Crippen LogP contribution in [0.1, 0.15) is 17.0 Å². The molecular weight excluding hydrogens is 383 g/mol. The van der Waals surface area contributed by atoms with Crippen LogP contribution in [0.3, 0.4) is 0 Å². The van der Waals surface area contributed by atoms with Crippen molar-refractivity contribution in [3.05, 3.63) is 71.4 Å².